The topological polar surface area (TPSA) is 39.2 Å². The van der Waals surface area contributed by atoms with E-state index >= 15 is 0 Å². The number of aromatic nitrogens is 1. The van der Waals surface area contributed by atoms with Gasteiger partial charge in [0.25, 0.3) is 0 Å². The van der Waals surface area contributed by atoms with Gasteiger partial charge in [0, 0.05) is 11.2 Å². The second kappa shape index (κ2) is 5.14. The summed E-state index contributed by atoms with van der Waals surface area (Å²) in [5.41, 5.74) is -0.0161. The van der Waals surface area contributed by atoms with Gasteiger partial charge < -0.3 is 4.74 Å². The van der Waals surface area contributed by atoms with Gasteiger partial charge in [-0.25, -0.2) is 9.37 Å². The van der Waals surface area contributed by atoms with Gasteiger partial charge >= 0.3 is 0 Å². The Hall–Kier alpha value is -1.94. The van der Waals surface area contributed by atoms with E-state index in [4.69, 9.17) is 16.3 Å². The molecular formula is C13H9ClFNO2. The Balaban J connectivity index is 2.48. The molecule has 5 heteroatoms. The third kappa shape index (κ3) is 2.33. The van der Waals surface area contributed by atoms with Crippen LogP contribution in [0.1, 0.15) is 16.1 Å². The van der Waals surface area contributed by atoms with Gasteiger partial charge in [0.15, 0.2) is 5.69 Å². The van der Waals surface area contributed by atoms with Crippen LogP contribution in [0.5, 0.6) is 5.75 Å². The van der Waals surface area contributed by atoms with Crippen molar-refractivity contribution in [1.82, 2.24) is 4.98 Å². The molecule has 0 aliphatic carbocycles. The first-order valence-electron chi connectivity index (χ1n) is 5.12. The number of ketones is 1. The Morgan fingerprint density at radius 3 is 2.83 bits per heavy atom. The number of benzene rings is 1. The number of hydrogen-bond acceptors (Lipinski definition) is 3. The van der Waals surface area contributed by atoms with Crippen LogP contribution in [0.4, 0.5) is 4.39 Å². The zero-order valence-electron chi connectivity index (χ0n) is 9.48. The number of carbonyl (C=O) groups excluding carboxylic acids is 1. The molecular weight excluding hydrogens is 257 g/mol. The second-order valence-electron chi connectivity index (χ2n) is 3.51. The molecule has 3 nitrogen and oxygen atoms in total. The summed E-state index contributed by atoms with van der Waals surface area (Å²) in [7, 11) is 1.42. The van der Waals surface area contributed by atoms with Crippen molar-refractivity contribution >= 4 is 17.4 Å². The fraction of sp³-hybridized carbons (Fsp3) is 0.0769. The minimum absolute atomic E-state index is 0.0706. The van der Waals surface area contributed by atoms with Crippen molar-refractivity contribution in [2.75, 3.05) is 7.11 Å². The van der Waals surface area contributed by atoms with Crippen molar-refractivity contribution in [3.05, 3.63) is 58.6 Å². The second-order valence-corrected chi connectivity index (χ2v) is 3.94. The molecule has 1 heterocycles. The van der Waals surface area contributed by atoms with Gasteiger partial charge in [0.2, 0.25) is 5.78 Å². The minimum atomic E-state index is -0.680. The Kier molecular flexibility index (Phi) is 3.58. The van der Waals surface area contributed by atoms with Crippen molar-refractivity contribution in [2.24, 2.45) is 0 Å². The first-order valence-corrected chi connectivity index (χ1v) is 5.50. The van der Waals surface area contributed by atoms with Crippen LogP contribution in [0.25, 0.3) is 0 Å². The molecule has 0 aliphatic rings. The summed E-state index contributed by atoms with van der Waals surface area (Å²) in [6.45, 7) is 0. The Labute approximate surface area is 108 Å². The maximum Gasteiger partial charge on any atom is 0.218 e. The van der Waals surface area contributed by atoms with E-state index in [2.05, 4.69) is 4.98 Å². The lowest BCUT2D eigenvalue weighted by Gasteiger charge is -2.06. The van der Waals surface area contributed by atoms with E-state index in [-0.39, 0.29) is 16.3 Å². The summed E-state index contributed by atoms with van der Waals surface area (Å²) in [5, 5.41) is 0.233. The van der Waals surface area contributed by atoms with E-state index in [0.29, 0.717) is 5.75 Å². The van der Waals surface area contributed by atoms with E-state index < -0.39 is 11.6 Å². The Bertz CT molecular complexity index is 601. The monoisotopic (exact) mass is 265 g/mol. The molecule has 0 unspecified atom stereocenters. The number of hydrogen-bond donors (Lipinski definition) is 0. The third-order valence-corrected chi connectivity index (χ3v) is 2.62. The number of methoxy groups -OCH3 is 1. The van der Waals surface area contributed by atoms with Crippen molar-refractivity contribution in [2.45, 2.75) is 0 Å². The Morgan fingerprint density at radius 1 is 1.39 bits per heavy atom. The number of rotatable bonds is 3. The highest BCUT2D eigenvalue weighted by atomic mass is 35.5. The van der Waals surface area contributed by atoms with E-state index in [0.717, 1.165) is 6.07 Å². The average Bonchev–Trinajstić information content (AvgIpc) is 2.38. The molecule has 1 aromatic carbocycles. The molecule has 0 saturated carbocycles. The smallest absolute Gasteiger partial charge is 0.218 e. The highest BCUT2D eigenvalue weighted by Gasteiger charge is 2.19. The molecule has 0 fully saturated rings. The van der Waals surface area contributed by atoms with E-state index in [1.165, 1.54) is 25.4 Å². The summed E-state index contributed by atoms with van der Waals surface area (Å²) in [6.07, 6.45) is 1.45. The molecule has 2 aromatic rings. The predicted molar refractivity (Wildman–Crippen MR) is 65.6 cm³/mol. The molecule has 92 valence electrons. The lowest BCUT2D eigenvalue weighted by molar-refractivity contribution is 0.102. The van der Waals surface area contributed by atoms with Crippen molar-refractivity contribution < 1.29 is 13.9 Å². The number of pyridine rings is 1. The van der Waals surface area contributed by atoms with Crippen molar-refractivity contribution in [3.63, 3.8) is 0 Å². The van der Waals surface area contributed by atoms with Gasteiger partial charge in [0.05, 0.1) is 12.7 Å². The van der Waals surface area contributed by atoms with Crippen LogP contribution in [-0.2, 0) is 0 Å². The maximum absolute atomic E-state index is 13.6. The van der Waals surface area contributed by atoms with E-state index in [9.17, 15) is 9.18 Å². The number of nitrogens with zero attached hydrogens (tertiary/aromatic N) is 1. The SMILES string of the molecule is COc1cccnc1C(=O)c1ccc(Cl)cc1F. The molecule has 0 N–H and O–H groups in total. The molecule has 1 aromatic heterocycles. The lowest BCUT2D eigenvalue weighted by atomic mass is 10.1. The lowest BCUT2D eigenvalue weighted by Crippen LogP contribution is -2.08. The van der Waals surface area contributed by atoms with Gasteiger partial charge in [0.1, 0.15) is 11.6 Å². The summed E-state index contributed by atoms with van der Waals surface area (Å²) in [6, 6.07) is 7.09. The van der Waals surface area contributed by atoms with Crippen LogP contribution in [-0.4, -0.2) is 17.9 Å². The van der Waals surface area contributed by atoms with Gasteiger partial charge in [-0.2, -0.15) is 0 Å². The largest absolute Gasteiger partial charge is 0.494 e. The van der Waals surface area contributed by atoms with Crippen LogP contribution in [0, 0.1) is 5.82 Å². The van der Waals surface area contributed by atoms with Crippen LogP contribution in [0.15, 0.2) is 36.5 Å². The first kappa shape index (κ1) is 12.5. The van der Waals surface area contributed by atoms with Crippen LogP contribution in [0.3, 0.4) is 0 Å². The molecule has 0 atom stereocenters. The summed E-state index contributed by atoms with van der Waals surface area (Å²) >= 11 is 5.63. The van der Waals surface area contributed by atoms with E-state index in [1.54, 1.807) is 12.1 Å². The van der Waals surface area contributed by atoms with E-state index in [1.807, 2.05) is 0 Å². The fourth-order valence-electron chi connectivity index (χ4n) is 1.53. The predicted octanol–water partition coefficient (Wildman–Crippen LogP) is 3.11. The Morgan fingerprint density at radius 2 is 2.17 bits per heavy atom. The maximum atomic E-state index is 13.6. The van der Waals surface area contributed by atoms with Gasteiger partial charge in [-0.1, -0.05) is 11.6 Å². The molecule has 0 radical (unpaired) electrons. The number of carbonyl (C=O) groups is 1. The summed E-state index contributed by atoms with van der Waals surface area (Å²) < 4.78 is 18.7. The van der Waals surface area contributed by atoms with Gasteiger partial charge in [-0.3, -0.25) is 4.79 Å². The number of halogens is 2. The molecule has 0 saturated heterocycles. The molecule has 0 amide bonds. The summed E-state index contributed by atoms with van der Waals surface area (Å²) in [4.78, 5) is 16.0. The first-order chi connectivity index (χ1) is 8.63. The molecule has 2 rings (SSSR count). The number of ether oxygens (including phenoxy) is 1. The van der Waals surface area contributed by atoms with Crippen molar-refractivity contribution in [1.29, 1.82) is 0 Å². The van der Waals surface area contributed by atoms with Crippen LogP contribution in [0.2, 0.25) is 5.02 Å². The third-order valence-electron chi connectivity index (χ3n) is 2.38. The molecule has 0 aliphatic heterocycles. The summed E-state index contributed by atoms with van der Waals surface area (Å²) in [5.74, 6) is -0.918. The minimum Gasteiger partial charge on any atom is -0.494 e. The van der Waals surface area contributed by atoms with Gasteiger partial charge in [-0.15, -0.1) is 0 Å². The van der Waals surface area contributed by atoms with Crippen molar-refractivity contribution in [3.8, 4) is 5.75 Å². The average molecular weight is 266 g/mol. The molecule has 18 heavy (non-hydrogen) atoms. The fourth-order valence-corrected chi connectivity index (χ4v) is 1.69. The molecule has 0 spiro atoms. The van der Waals surface area contributed by atoms with Crippen LogP contribution < -0.4 is 4.74 Å². The zero-order valence-corrected chi connectivity index (χ0v) is 10.2. The normalized spacial score (nSPS) is 10.2. The highest BCUT2D eigenvalue weighted by Crippen LogP contribution is 2.22. The zero-order chi connectivity index (χ0) is 13.1. The standard InChI is InChI=1S/C13H9ClFNO2/c1-18-11-3-2-6-16-12(11)13(17)9-5-4-8(14)7-10(9)15/h2-7H,1H3. The van der Waals surface area contributed by atoms with Gasteiger partial charge in [-0.05, 0) is 30.3 Å². The quantitative estimate of drug-likeness (QED) is 0.801. The highest BCUT2D eigenvalue weighted by molar-refractivity contribution is 6.30. The van der Waals surface area contributed by atoms with Crippen LogP contribution >= 0.6 is 11.6 Å². The molecule has 0 bridgehead atoms.